The van der Waals surface area contributed by atoms with Gasteiger partial charge in [-0.05, 0) is 36.1 Å². The normalized spacial score (nSPS) is 10.1. The molecule has 5 heteroatoms. The molecule has 0 unspecified atom stereocenters. The quantitative estimate of drug-likeness (QED) is 0.902. The van der Waals surface area contributed by atoms with E-state index in [4.69, 9.17) is 0 Å². The van der Waals surface area contributed by atoms with Crippen molar-refractivity contribution >= 4 is 34.5 Å². The van der Waals surface area contributed by atoms with Crippen molar-refractivity contribution in [1.82, 2.24) is 0 Å². The van der Waals surface area contributed by atoms with Crippen LogP contribution in [0.5, 0.6) is 0 Å². The van der Waals surface area contributed by atoms with Crippen molar-refractivity contribution in [3.63, 3.8) is 0 Å². The molecule has 20 heavy (non-hydrogen) atoms. The van der Waals surface area contributed by atoms with Crippen molar-refractivity contribution in [2.24, 2.45) is 0 Å². The largest absolute Gasteiger partial charge is 0.326 e. The molecule has 2 N–H and O–H groups in total. The van der Waals surface area contributed by atoms with E-state index >= 15 is 0 Å². The van der Waals surface area contributed by atoms with Gasteiger partial charge >= 0.3 is 0 Å². The molecule has 2 amide bonds. The van der Waals surface area contributed by atoms with E-state index in [9.17, 15) is 9.59 Å². The summed E-state index contributed by atoms with van der Waals surface area (Å²) in [6.45, 7) is 3.71. The van der Waals surface area contributed by atoms with E-state index in [-0.39, 0.29) is 11.8 Å². The van der Waals surface area contributed by atoms with Gasteiger partial charge in [-0.15, -0.1) is 11.3 Å². The van der Waals surface area contributed by atoms with Crippen LogP contribution in [-0.4, -0.2) is 11.8 Å². The maximum Gasteiger partial charge on any atom is 0.265 e. The van der Waals surface area contributed by atoms with Crippen LogP contribution >= 0.6 is 11.3 Å². The van der Waals surface area contributed by atoms with Gasteiger partial charge in [-0.3, -0.25) is 9.59 Å². The van der Waals surface area contributed by atoms with Crippen LogP contribution in [0.1, 0.15) is 28.6 Å². The Kier molecular flexibility index (Phi) is 4.53. The molecule has 0 saturated carbocycles. The highest BCUT2D eigenvalue weighted by molar-refractivity contribution is 7.12. The topological polar surface area (TPSA) is 58.2 Å². The number of carbonyl (C=O) groups excluding carboxylic acids is 2. The molecule has 0 fully saturated rings. The summed E-state index contributed by atoms with van der Waals surface area (Å²) < 4.78 is 0. The monoisotopic (exact) mass is 288 g/mol. The van der Waals surface area contributed by atoms with Crippen molar-refractivity contribution in [1.29, 1.82) is 0 Å². The van der Waals surface area contributed by atoms with Gasteiger partial charge in [0, 0.05) is 17.8 Å². The Morgan fingerprint density at radius 2 is 2.00 bits per heavy atom. The lowest BCUT2D eigenvalue weighted by molar-refractivity contribution is -0.115. The second kappa shape index (κ2) is 6.34. The van der Waals surface area contributed by atoms with Gasteiger partial charge < -0.3 is 10.6 Å². The zero-order valence-corrected chi connectivity index (χ0v) is 12.2. The summed E-state index contributed by atoms with van der Waals surface area (Å²) in [6.07, 6.45) is 0.422. The molecule has 2 aromatic rings. The highest BCUT2D eigenvalue weighted by Crippen LogP contribution is 2.21. The van der Waals surface area contributed by atoms with E-state index < -0.39 is 0 Å². The first-order chi connectivity index (χ1) is 9.60. The molecule has 0 spiro atoms. The van der Waals surface area contributed by atoms with Crippen molar-refractivity contribution in [3.05, 3.63) is 46.2 Å². The average Bonchev–Trinajstić information content (AvgIpc) is 2.96. The van der Waals surface area contributed by atoms with Gasteiger partial charge in [0.25, 0.3) is 5.91 Å². The predicted molar refractivity (Wildman–Crippen MR) is 82.4 cm³/mol. The zero-order chi connectivity index (χ0) is 14.5. The molecule has 104 valence electrons. The lowest BCUT2D eigenvalue weighted by Gasteiger charge is -2.10. The Morgan fingerprint density at radius 3 is 2.65 bits per heavy atom. The maximum atomic E-state index is 12.0. The van der Waals surface area contributed by atoms with Gasteiger partial charge in [0.15, 0.2) is 0 Å². The van der Waals surface area contributed by atoms with E-state index in [2.05, 4.69) is 10.6 Å². The first kappa shape index (κ1) is 14.3. The minimum Gasteiger partial charge on any atom is -0.326 e. The number of amides is 2. The predicted octanol–water partition coefficient (Wildman–Crippen LogP) is 3.66. The summed E-state index contributed by atoms with van der Waals surface area (Å²) in [4.78, 5) is 24.1. The number of hydrogen-bond acceptors (Lipinski definition) is 3. The Bertz CT molecular complexity index is 621. The molecule has 1 aromatic carbocycles. The van der Waals surface area contributed by atoms with Gasteiger partial charge in [0.05, 0.1) is 4.88 Å². The van der Waals surface area contributed by atoms with Crippen molar-refractivity contribution < 1.29 is 9.59 Å². The summed E-state index contributed by atoms with van der Waals surface area (Å²) in [5.74, 6) is -0.188. The summed E-state index contributed by atoms with van der Waals surface area (Å²) in [5, 5.41) is 7.50. The number of anilines is 2. The fraction of sp³-hybridized carbons (Fsp3) is 0.200. The second-order valence-corrected chi connectivity index (χ2v) is 5.31. The standard InChI is InChI=1S/C15H16N2O2S/c1-3-14(18)17-12-9-11(7-6-10(12)2)16-15(19)13-5-4-8-20-13/h4-9H,3H2,1-2H3,(H,16,19)(H,17,18). The third kappa shape index (κ3) is 3.45. The number of aryl methyl sites for hydroxylation is 1. The summed E-state index contributed by atoms with van der Waals surface area (Å²) in [5.41, 5.74) is 2.35. The number of hydrogen-bond donors (Lipinski definition) is 2. The van der Waals surface area contributed by atoms with Gasteiger partial charge in [-0.2, -0.15) is 0 Å². The highest BCUT2D eigenvalue weighted by atomic mass is 32.1. The molecule has 1 aromatic heterocycles. The Labute approximate surface area is 121 Å². The second-order valence-electron chi connectivity index (χ2n) is 4.36. The molecule has 0 bridgehead atoms. The molecule has 0 saturated heterocycles. The molecule has 1 heterocycles. The van der Waals surface area contributed by atoms with Crippen LogP contribution in [0.2, 0.25) is 0 Å². The van der Waals surface area contributed by atoms with E-state index in [1.807, 2.05) is 30.5 Å². The molecule has 0 radical (unpaired) electrons. The van der Waals surface area contributed by atoms with Crippen molar-refractivity contribution in [2.45, 2.75) is 20.3 Å². The van der Waals surface area contributed by atoms with Crippen LogP contribution in [0.3, 0.4) is 0 Å². The summed E-state index contributed by atoms with van der Waals surface area (Å²) in [7, 11) is 0. The van der Waals surface area contributed by atoms with E-state index in [0.717, 1.165) is 11.3 Å². The molecular weight excluding hydrogens is 272 g/mol. The van der Waals surface area contributed by atoms with E-state index in [1.54, 1.807) is 19.1 Å². The fourth-order valence-corrected chi connectivity index (χ4v) is 2.29. The summed E-state index contributed by atoms with van der Waals surface area (Å²) in [6, 6.07) is 9.07. The third-order valence-electron chi connectivity index (χ3n) is 2.84. The van der Waals surface area contributed by atoms with Crippen LogP contribution in [0.25, 0.3) is 0 Å². The molecule has 0 aliphatic carbocycles. The van der Waals surface area contributed by atoms with Crippen LogP contribution < -0.4 is 10.6 Å². The molecule has 0 atom stereocenters. The third-order valence-corrected chi connectivity index (χ3v) is 3.70. The molecule has 0 aliphatic heterocycles. The van der Waals surface area contributed by atoms with Crippen molar-refractivity contribution in [2.75, 3.05) is 10.6 Å². The average molecular weight is 288 g/mol. The van der Waals surface area contributed by atoms with E-state index in [1.165, 1.54) is 11.3 Å². The van der Waals surface area contributed by atoms with Crippen molar-refractivity contribution in [3.8, 4) is 0 Å². The van der Waals surface area contributed by atoms with Crippen LogP contribution in [0, 0.1) is 6.92 Å². The van der Waals surface area contributed by atoms with Gasteiger partial charge in [-0.25, -0.2) is 0 Å². The van der Waals surface area contributed by atoms with Gasteiger partial charge in [0.2, 0.25) is 5.91 Å². The minimum atomic E-state index is -0.142. The highest BCUT2D eigenvalue weighted by Gasteiger charge is 2.09. The van der Waals surface area contributed by atoms with Crippen LogP contribution in [-0.2, 0) is 4.79 Å². The lowest BCUT2D eigenvalue weighted by atomic mass is 10.1. The maximum absolute atomic E-state index is 12.0. The number of rotatable bonds is 4. The Balaban J connectivity index is 2.15. The molecular formula is C15H16N2O2S. The van der Waals surface area contributed by atoms with Crippen LogP contribution in [0.15, 0.2) is 35.7 Å². The number of carbonyl (C=O) groups is 2. The Morgan fingerprint density at radius 1 is 1.20 bits per heavy atom. The minimum absolute atomic E-state index is 0.0465. The molecule has 0 aliphatic rings. The van der Waals surface area contributed by atoms with Gasteiger partial charge in [0.1, 0.15) is 0 Å². The smallest absolute Gasteiger partial charge is 0.265 e. The molecule has 2 rings (SSSR count). The molecule has 4 nitrogen and oxygen atoms in total. The number of nitrogens with one attached hydrogen (secondary N) is 2. The van der Waals surface area contributed by atoms with E-state index in [0.29, 0.717) is 17.0 Å². The lowest BCUT2D eigenvalue weighted by Crippen LogP contribution is -2.13. The van der Waals surface area contributed by atoms with Gasteiger partial charge in [-0.1, -0.05) is 19.1 Å². The number of benzene rings is 1. The first-order valence-electron chi connectivity index (χ1n) is 6.35. The zero-order valence-electron chi connectivity index (χ0n) is 11.4. The number of thiophene rings is 1. The van der Waals surface area contributed by atoms with Crippen LogP contribution in [0.4, 0.5) is 11.4 Å². The fourth-order valence-electron chi connectivity index (χ4n) is 1.67. The Hall–Kier alpha value is -2.14. The first-order valence-corrected chi connectivity index (χ1v) is 7.23. The SMILES string of the molecule is CCC(=O)Nc1cc(NC(=O)c2cccs2)ccc1C. The summed E-state index contributed by atoms with van der Waals surface area (Å²) >= 11 is 1.39.